The van der Waals surface area contributed by atoms with Gasteiger partial charge in [-0.3, -0.25) is 0 Å². The van der Waals surface area contributed by atoms with Crippen molar-refractivity contribution >= 4 is 27.5 Å². The van der Waals surface area contributed by atoms with Gasteiger partial charge in [0.25, 0.3) is 0 Å². The first-order valence-corrected chi connectivity index (χ1v) is 5.42. The molecule has 1 aromatic rings. The van der Waals surface area contributed by atoms with Crippen LogP contribution in [-0.4, -0.2) is 7.11 Å². The molecule has 0 saturated heterocycles. The van der Waals surface area contributed by atoms with Crippen LogP contribution in [0.1, 0.15) is 24.3 Å². The van der Waals surface area contributed by atoms with Crippen LogP contribution in [0.2, 0.25) is 5.02 Å². The summed E-state index contributed by atoms with van der Waals surface area (Å²) < 4.78 is 6.23. The van der Waals surface area contributed by atoms with Crippen molar-refractivity contribution in [1.29, 1.82) is 0 Å². The van der Waals surface area contributed by atoms with Crippen molar-refractivity contribution < 1.29 is 4.74 Å². The number of ether oxygens (including phenoxy) is 1. The molecule has 0 atom stereocenters. The van der Waals surface area contributed by atoms with E-state index in [1.54, 1.807) is 7.11 Å². The molecule has 1 nitrogen and oxygen atoms in total. The minimum absolute atomic E-state index is 0.701. The van der Waals surface area contributed by atoms with Crippen LogP contribution in [0.5, 0.6) is 5.75 Å². The lowest BCUT2D eigenvalue weighted by atomic mass is 10.1. The lowest BCUT2D eigenvalue weighted by Crippen LogP contribution is -1.88. The molecule has 0 N–H and O–H groups in total. The summed E-state index contributed by atoms with van der Waals surface area (Å²) in [4.78, 5) is 0. The van der Waals surface area contributed by atoms with E-state index in [0.29, 0.717) is 10.9 Å². The quantitative estimate of drug-likeness (QED) is 0.782. The molecular weight excluding hydrogens is 251 g/mol. The molecule has 2 rings (SSSR count). The minimum Gasteiger partial charge on any atom is -0.495 e. The van der Waals surface area contributed by atoms with E-state index in [9.17, 15) is 0 Å². The Morgan fingerprint density at radius 1 is 1.46 bits per heavy atom. The molecular formula is C10H10BrClO. The Hall–Kier alpha value is -0.210. The molecule has 0 radical (unpaired) electrons. The molecule has 0 aromatic heterocycles. The van der Waals surface area contributed by atoms with Gasteiger partial charge in [0.05, 0.1) is 12.1 Å². The van der Waals surface area contributed by atoms with E-state index in [1.165, 1.54) is 18.4 Å². The summed E-state index contributed by atoms with van der Waals surface area (Å²) in [6, 6.07) is 3.94. The average molecular weight is 262 g/mol. The Bertz CT molecular complexity index is 334. The van der Waals surface area contributed by atoms with Gasteiger partial charge in [-0.15, -0.1) is 0 Å². The Morgan fingerprint density at radius 3 is 2.69 bits per heavy atom. The second kappa shape index (κ2) is 3.50. The molecule has 0 unspecified atom stereocenters. The van der Waals surface area contributed by atoms with Gasteiger partial charge in [0.1, 0.15) is 5.75 Å². The van der Waals surface area contributed by atoms with Gasteiger partial charge in [-0.2, -0.15) is 0 Å². The number of benzene rings is 1. The average Bonchev–Trinajstić information content (AvgIpc) is 2.91. The zero-order valence-electron chi connectivity index (χ0n) is 7.31. The topological polar surface area (TPSA) is 9.23 Å². The molecule has 0 bridgehead atoms. The number of hydrogen-bond donors (Lipinski definition) is 0. The SMILES string of the molecule is COc1cc(Br)c(C2CC2)cc1Cl. The van der Waals surface area contributed by atoms with Gasteiger partial charge in [0, 0.05) is 4.47 Å². The molecule has 70 valence electrons. The van der Waals surface area contributed by atoms with Crippen LogP contribution >= 0.6 is 27.5 Å². The molecule has 0 aliphatic heterocycles. The second-order valence-electron chi connectivity index (χ2n) is 3.28. The van der Waals surface area contributed by atoms with Gasteiger partial charge >= 0.3 is 0 Å². The molecule has 0 amide bonds. The molecule has 1 saturated carbocycles. The van der Waals surface area contributed by atoms with E-state index >= 15 is 0 Å². The van der Waals surface area contributed by atoms with Gasteiger partial charge in [0.15, 0.2) is 0 Å². The summed E-state index contributed by atoms with van der Waals surface area (Å²) in [6.45, 7) is 0. The predicted octanol–water partition coefficient (Wildman–Crippen LogP) is 3.99. The smallest absolute Gasteiger partial charge is 0.138 e. The van der Waals surface area contributed by atoms with E-state index in [0.717, 1.165) is 10.2 Å². The summed E-state index contributed by atoms with van der Waals surface area (Å²) >= 11 is 9.55. The van der Waals surface area contributed by atoms with E-state index in [-0.39, 0.29) is 0 Å². The van der Waals surface area contributed by atoms with Crippen molar-refractivity contribution in [3.05, 3.63) is 27.2 Å². The van der Waals surface area contributed by atoms with Crippen LogP contribution in [0.25, 0.3) is 0 Å². The largest absolute Gasteiger partial charge is 0.495 e. The summed E-state index contributed by atoms with van der Waals surface area (Å²) in [5.74, 6) is 1.44. The first-order chi connectivity index (χ1) is 6.22. The lowest BCUT2D eigenvalue weighted by molar-refractivity contribution is 0.414. The summed E-state index contributed by atoms with van der Waals surface area (Å²) in [5.41, 5.74) is 1.31. The predicted molar refractivity (Wildman–Crippen MR) is 57.7 cm³/mol. The van der Waals surface area contributed by atoms with Crippen molar-refractivity contribution in [3.63, 3.8) is 0 Å². The molecule has 1 fully saturated rings. The van der Waals surface area contributed by atoms with Crippen LogP contribution in [-0.2, 0) is 0 Å². The third-order valence-corrected chi connectivity index (χ3v) is 3.27. The second-order valence-corrected chi connectivity index (χ2v) is 4.54. The Balaban J connectivity index is 2.42. The molecule has 3 heteroatoms. The fourth-order valence-electron chi connectivity index (χ4n) is 1.41. The summed E-state index contributed by atoms with van der Waals surface area (Å²) in [6.07, 6.45) is 2.56. The number of hydrogen-bond acceptors (Lipinski definition) is 1. The first-order valence-electron chi connectivity index (χ1n) is 4.25. The van der Waals surface area contributed by atoms with Gasteiger partial charge in [-0.1, -0.05) is 27.5 Å². The van der Waals surface area contributed by atoms with Crippen molar-refractivity contribution in [2.75, 3.05) is 7.11 Å². The first kappa shape index (κ1) is 9.35. The molecule has 13 heavy (non-hydrogen) atoms. The molecule has 1 aromatic carbocycles. The fourth-order valence-corrected chi connectivity index (χ4v) is 2.30. The van der Waals surface area contributed by atoms with Crippen LogP contribution < -0.4 is 4.74 Å². The highest BCUT2D eigenvalue weighted by Crippen LogP contribution is 2.45. The van der Waals surface area contributed by atoms with Gasteiger partial charge < -0.3 is 4.74 Å². The number of halogens is 2. The Morgan fingerprint density at radius 2 is 2.15 bits per heavy atom. The third kappa shape index (κ3) is 1.84. The van der Waals surface area contributed by atoms with Crippen molar-refractivity contribution in [2.24, 2.45) is 0 Å². The van der Waals surface area contributed by atoms with E-state index in [4.69, 9.17) is 16.3 Å². The van der Waals surface area contributed by atoms with Gasteiger partial charge in [0.2, 0.25) is 0 Å². The standard InChI is InChI=1S/C10H10BrClO/c1-13-10-5-8(11)7(4-9(10)12)6-2-3-6/h4-6H,2-3H2,1H3. The van der Waals surface area contributed by atoms with Crippen LogP contribution in [0.4, 0.5) is 0 Å². The molecule has 1 aliphatic carbocycles. The van der Waals surface area contributed by atoms with Crippen LogP contribution in [0.15, 0.2) is 16.6 Å². The third-order valence-electron chi connectivity index (χ3n) is 2.29. The minimum atomic E-state index is 0.701. The van der Waals surface area contributed by atoms with Crippen LogP contribution in [0, 0.1) is 0 Å². The van der Waals surface area contributed by atoms with Crippen molar-refractivity contribution in [3.8, 4) is 5.75 Å². The van der Waals surface area contributed by atoms with E-state index in [2.05, 4.69) is 15.9 Å². The monoisotopic (exact) mass is 260 g/mol. The van der Waals surface area contributed by atoms with Gasteiger partial charge in [-0.05, 0) is 36.5 Å². The highest BCUT2D eigenvalue weighted by Gasteiger charge is 2.26. The lowest BCUT2D eigenvalue weighted by Gasteiger charge is -2.07. The molecule has 0 spiro atoms. The van der Waals surface area contributed by atoms with E-state index in [1.807, 2.05) is 12.1 Å². The number of rotatable bonds is 2. The Labute approximate surface area is 91.2 Å². The maximum Gasteiger partial charge on any atom is 0.138 e. The van der Waals surface area contributed by atoms with Crippen molar-refractivity contribution in [2.45, 2.75) is 18.8 Å². The highest BCUT2D eigenvalue weighted by molar-refractivity contribution is 9.10. The van der Waals surface area contributed by atoms with Crippen LogP contribution in [0.3, 0.4) is 0 Å². The van der Waals surface area contributed by atoms with E-state index < -0.39 is 0 Å². The molecule has 1 aliphatic rings. The normalized spacial score (nSPS) is 15.9. The fraction of sp³-hybridized carbons (Fsp3) is 0.400. The van der Waals surface area contributed by atoms with Crippen molar-refractivity contribution in [1.82, 2.24) is 0 Å². The zero-order valence-corrected chi connectivity index (χ0v) is 9.65. The maximum absolute atomic E-state index is 6.03. The summed E-state index contributed by atoms with van der Waals surface area (Å²) in [7, 11) is 1.63. The molecule has 0 heterocycles. The summed E-state index contributed by atoms with van der Waals surface area (Å²) in [5, 5.41) is 0.701. The zero-order chi connectivity index (χ0) is 9.42. The Kier molecular flexibility index (Phi) is 2.52. The highest BCUT2D eigenvalue weighted by atomic mass is 79.9. The van der Waals surface area contributed by atoms with Gasteiger partial charge in [-0.25, -0.2) is 0 Å². The maximum atomic E-state index is 6.03. The number of methoxy groups -OCH3 is 1.